The van der Waals surface area contributed by atoms with Gasteiger partial charge in [0.25, 0.3) is 0 Å². The first-order valence-electron chi connectivity index (χ1n) is 11.1. The van der Waals surface area contributed by atoms with Crippen LogP contribution in [0.2, 0.25) is 10.0 Å². The first-order valence-corrected chi connectivity index (χ1v) is 11.9. The number of nitrogens with one attached hydrogen (secondary N) is 1. The molecule has 2 aromatic carbocycles. The minimum absolute atomic E-state index is 0.0869. The number of benzene rings is 2. The van der Waals surface area contributed by atoms with E-state index in [1.54, 1.807) is 24.5 Å². The van der Waals surface area contributed by atoms with Crippen molar-refractivity contribution >= 4 is 46.7 Å². The molecule has 4 rings (SSSR count). The summed E-state index contributed by atoms with van der Waals surface area (Å²) in [4.78, 5) is 37.6. The van der Waals surface area contributed by atoms with Gasteiger partial charge in [-0.25, -0.2) is 9.97 Å². The molecule has 2 heterocycles. The summed E-state index contributed by atoms with van der Waals surface area (Å²) in [5, 5.41) is 3.85. The molecular weight excluding hydrogens is 473 g/mol. The smallest absolute Gasteiger partial charge is 0.227 e. The third-order valence-electron chi connectivity index (χ3n) is 5.71. The first-order chi connectivity index (χ1) is 16.5. The van der Waals surface area contributed by atoms with Gasteiger partial charge >= 0.3 is 0 Å². The molecule has 34 heavy (non-hydrogen) atoms. The van der Waals surface area contributed by atoms with Gasteiger partial charge in [0.05, 0.1) is 16.5 Å². The number of hydrogen-bond acceptors (Lipinski definition) is 5. The summed E-state index contributed by atoms with van der Waals surface area (Å²) in [6, 6.07) is 14.6. The lowest BCUT2D eigenvalue weighted by atomic mass is 10.1. The van der Waals surface area contributed by atoms with Gasteiger partial charge < -0.3 is 15.1 Å². The largest absolute Gasteiger partial charge is 0.339 e. The highest BCUT2D eigenvalue weighted by Gasteiger charge is 2.22. The molecule has 0 aliphatic carbocycles. The Balaban J connectivity index is 1.23. The number of carbonyl (C=O) groups excluding carboxylic acids is 2. The molecule has 1 N–H and O–H groups in total. The highest BCUT2D eigenvalue weighted by molar-refractivity contribution is 6.42. The summed E-state index contributed by atoms with van der Waals surface area (Å²) in [5.74, 6) is 0.673. The second kappa shape index (κ2) is 11.3. The Morgan fingerprint density at radius 1 is 0.912 bits per heavy atom. The topological polar surface area (TPSA) is 78.4 Å². The van der Waals surface area contributed by atoms with Crippen LogP contribution in [0.5, 0.6) is 0 Å². The standard InChI is InChI=1S/C25H25Cl2N5O2/c26-21-4-1-3-19(24(21)27)7-10-22(33)30-20-8-5-18(6-9-20)17-23(34)31-13-15-32(16-14-31)25-28-11-2-12-29-25/h1-6,8-9,11-12H,7,10,13-17H2,(H,30,33). The van der Waals surface area contributed by atoms with Crippen LogP contribution >= 0.6 is 23.2 Å². The van der Waals surface area contributed by atoms with E-state index in [1.807, 2.05) is 41.3 Å². The van der Waals surface area contributed by atoms with E-state index in [0.29, 0.717) is 67.1 Å². The average Bonchev–Trinajstić information content (AvgIpc) is 2.87. The summed E-state index contributed by atoms with van der Waals surface area (Å²) in [7, 11) is 0. The van der Waals surface area contributed by atoms with Gasteiger partial charge in [-0.3, -0.25) is 9.59 Å². The number of rotatable bonds is 7. The molecule has 1 fully saturated rings. The van der Waals surface area contributed by atoms with Gasteiger partial charge in [0, 0.05) is 50.7 Å². The van der Waals surface area contributed by atoms with E-state index in [9.17, 15) is 9.59 Å². The van der Waals surface area contributed by atoms with Crippen LogP contribution < -0.4 is 10.2 Å². The molecule has 1 aromatic heterocycles. The molecule has 1 saturated heterocycles. The zero-order chi connectivity index (χ0) is 23.9. The van der Waals surface area contributed by atoms with Crippen molar-refractivity contribution in [1.29, 1.82) is 0 Å². The van der Waals surface area contributed by atoms with Gasteiger partial charge in [0.1, 0.15) is 0 Å². The minimum atomic E-state index is -0.111. The van der Waals surface area contributed by atoms with Gasteiger partial charge in [0.2, 0.25) is 17.8 Å². The van der Waals surface area contributed by atoms with Crippen LogP contribution in [0.4, 0.5) is 11.6 Å². The van der Waals surface area contributed by atoms with E-state index >= 15 is 0 Å². The Morgan fingerprint density at radius 3 is 2.32 bits per heavy atom. The molecule has 0 radical (unpaired) electrons. The number of amides is 2. The molecule has 2 amide bonds. The van der Waals surface area contributed by atoms with Crippen LogP contribution in [0.3, 0.4) is 0 Å². The molecule has 7 nitrogen and oxygen atoms in total. The fourth-order valence-corrected chi connectivity index (χ4v) is 4.23. The maximum absolute atomic E-state index is 12.7. The van der Waals surface area contributed by atoms with Crippen molar-refractivity contribution in [3.63, 3.8) is 0 Å². The van der Waals surface area contributed by atoms with E-state index in [-0.39, 0.29) is 11.8 Å². The molecule has 1 aliphatic heterocycles. The first kappa shape index (κ1) is 24.0. The van der Waals surface area contributed by atoms with Crippen molar-refractivity contribution in [3.8, 4) is 0 Å². The Morgan fingerprint density at radius 2 is 1.62 bits per heavy atom. The number of carbonyl (C=O) groups is 2. The number of piperazine rings is 1. The fraction of sp³-hybridized carbons (Fsp3) is 0.280. The summed E-state index contributed by atoms with van der Waals surface area (Å²) in [5.41, 5.74) is 2.44. The van der Waals surface area contributed by atoms with Gasteiger partial charge in [-0.05, 0) is 41.8 Å². The molecule has 176 valence electrons. The van der Waals surface area contributed by atoms with Crippen LogP contribution in [0, 0.1) is 0 Å². The SMILES string of the molecule is O=C(CCc1cccc(Cl)c1Cl)Nc1ccc(CC(=O)N2CCN(c3ncccn3)CC2)cc1. The molecule has 0 spiro atoms. The molecule has 9 heteroatoms. The Hall–Kier alpha value is -3.16. The second-order valence-corrected chi connectivity index (χ2v) is 8.84. The third kappa shape index (κ3) is 6.24. The molecule has 3 aromatic rings. The second-order valence-electron chi connectivity index (χ2n) is 8.05. The van der Waals surface area contributed by atoms with Gasteiger partial charge in [0.15, 0.2) is 0 Å². The summed E-state index contributed by atoms with van der Waals surface area (Å²) in [6.07, 6.45) is 4.56. The number of halogens is 2. The normalized spacial score (nSPS) is 13.6. The maximum Gasteiger partial charge on any atom is 0.227 e. The van der Waals surface area contributed by atoms with Crippen molar-refractivity contribution in [1.82, 2.24) is 14.9 Å². The van der Waals surface area contributed by atoms with E-state index in [4.69, 9.17) is 23.2 Å². The minimum Gasteiger partial charge on any atom is -0.339 e. The molecule has 1 aliphatic rings. The lowest BCUT2D eigenvalue weighted by molar-refractivity contribution is -0.130. The highest BCUT2D eigenvalue weighted by atomic mass is 35.5. The Bertz CT molecular complexity index is 1130. The van der Waals surface area contributed by atoms with Crippen molar-refractivity contribution in [2.24, 2.45) is 0 Å². The summed E-state index contributed by atoms with van der Waals surface area (Å²) >= 11 is 12.2. The third-order valence-corrected chi connectivity index (χ3v) is 6.57. The number of aryl methyl sites for hydroxylation is 1. The lowest BCUT2D eigenvalue weighted by Crippen LogP contribution is -2.49. The van der Waals surface area contributed by atoms with Crippen LogP contribution in [0.25, 0.3) is 0 Å². The number of anilines is 2. The predicted molar refractivity (Wildman–Crippen MR) is 134 cm³/mol. The highest BCUT2D eigenvalue weighted by Crippen LogP contribution is 2.26. The number of nitrogens with zero attached hydrogens (tertiary/aromatic N) is 4. The zero-order valence-corrected chi connectivity index (χ0v) is 20.1. The van der Waals surface area contributed by atoms with Crippen LogP contribution in [-0.2, 0) is 22.4 Å². The number of aromatic nitrogens is 2. The zero-order valence-electron chi connectivity index (χ0n) is 18.6. The monoisotopic (exact) mass is 497 g/mol. The quantitative estimate of drug-likeness (QED) is 0.527. The Labute approximate surface area is 208 Å². The van der Waals surface area contributed by atoms with Crippen molar-refractivity contribution < 1.29 is 9.59 Å². The molecule has 0 bridgehead atoms. The van der Waals surface area contributed by atoms with Crippen LogP contribution in [-0.4, -0.2) is 52.9 Å². The fourth-order valence-electron chi connectivity index (χ4n) is 3.82. The lowest BCUT2D eigenvalue weighted by Gasteiger charge is -2.34. The van der Waals surface area contributed by atoms with Crippen LogP contribution in [0.15, 0.2) is 60.9 Å². The molecule has 0 saturated carbocycles. The summed E-state index contributed by atoms with van der Waals surface area (Å²) < 4.78 is 0. The Kier molecular flexibility index (Phi) is 7.98. The number of hydrogen-bond donors (Lipinski definition) is 1. The summed E-state index contributed by atoms with van der Waals surface area (Å²) in [6.45, 7) is 2.70. The molecular formula is C25H25Cl2N5O2. The van der Waals surface area contributed by atoms with Crippen LogP contribution in [0.1, 0.15) is 17.5 Å². The van der Waals surface area contributed by atoms with Crippen molar-refractivity contribution in [2.45, 2.75) is 19.3 Å². The average molecular weight is 498 g/mol. The maximum atomic E-state index is 12.7. The van der Waals surface area contributed by atoms with E-state index in [2.05, 4.69) is 20.2 Å². The van der Waals surface area contributed by atoms with Crippen molar-refractivity contribution in [2.75, 3.05) is 36.4 Å². The van der Waals surface area contributed by atoms with Gasteiger partial charge in [-0.1, -0.05) is 47.5 Å². The van der Waals surface area contributed by atoms with E-state index in [0.717, 1.165) is 11.1 Å². The molecule has 0 unspecified atom stereocenters. The van der Waals surface area contributed by atoms with Crippen molar-refractivity contribution in [3.05, 3.63) is 82.1 Å². The van der Waals surface area contributed by atoms with E-state index < -0.39 is 0 Å². The molecule has 0 atom stereocenters. The van der Waals surface area contributed by atoms with E-state index in [1.165, 1.54) is 0 Å². The van der Waals surface area contributed by atoms with Gasteiger partial charge in [-0.15, -0.1) is 0 Å². The van der Waals surface area contributed by atoms with Gasteiger partial charge in [-0.2, -0.15) is 0 Å². The predicted octanol–water partition coefficient (Wildman–Crippen LogP) is 4.25.